The topological polar surface area (TPSA) is 44.1 Å². The van der Waals surface area contributed by atoms with E-state index in [1.165, 1.54) is 6.92 Å². The summed E-state index contributed by atoms with van der Waals surface area (Å²) in [6.07, 6.45) is 5.71. The van der Waals surface area contributed by atoms with Crippen LogP contribution >= 0.6 is 23.2 Å². The van der Waals surface area contributed by atoms with E-state index in [2.05, 4.69) is 9.55 Å². The monoisotopic (exact) mass is 326 g/mol. The summed E-state index contributed by atoms with van der Waals surface area (Å²) in [5.41, 5.74) is 1.73. The summed E-state index contributed by atoms with van der Waals surface area (Å²) in [5, 5.41) is 1.00. The maximum atomic E-state index is 11.3. The van der Waals surface area contributed by atoms with Gasteiger partial charge in [0.2, 0.25) is 0 Å². The highest BCUT2D eigenvalue weighted by Gasteiger charge is 2.30. The minimum absolute atomic E-state index is 0.102. The maximum absolute atomic E-state index is 11.3. The summed E-state index contributed by atoms with van der Waals surface area (Å²) in [4.78, 5) is 15.7. The van der Waals surface area contributed by atoms with Gasteiger partial charge in [-0.3, -0.25) is 4.79 Å². The van der Waals surface area contributed by atoms with Crippen molar-refractivity contribution >= 4 is 40.2 Å². The Kier molecular flexibility index (Phi) is 4.09. The first-order valence-electron chi connectivity index (χ1n) is 7.05. The molecule has 1 aliphatic rings. The van der Waals surface area contributed by atoms with E-state index < -0.39 is 0 Å². The maximum Gasteiger partial charge on any atom is 0.302 e. The van der Waals surface area contributed by atoms with Gasteiger partial charge >= 0.3 is 5.97 Å². The van der Waals surface area contributed by atoms with E-state index in [1.807, 2.05) is 6.07 Å². The summed E-state index contributed by atoms with van der Waals surface area (Å²) in [6.45, 7) is 1.45. The molecule has 4 nitrogen and oxygen atoms in total. The van der Waals surface area contributed by atoms with Crippen molar-refractivity contribution in [3.8, 4) is 0 Å². The molecule has 0 unspecified atom stereocenters. The van der Waals surface area contributed by atoms with Crippen LogP contribution in [0.1, 0.15) is 38.6 Å². The Morgan fingerprint density at radius 3 is 2.76 bits per heavy atom. The highest BCUT2D eigenvalue weighted by molar-refractivity contribution is 6.42. The Balaban J connectivity index is 2.01. The number of halogens is 2. The van der Waals surface area contributed by atoms with Crippen LogP contribution in [0.3, 0.4) is 0 Å². The van der Waals surface area contributed by atoms with Gasteiger partial charge in [0.05, 0.1) is 33.4 Å². The fraction of sp³-hybridized carbons (Fsp3) is 0.467. The molecule has 1 fully saturated rings. The Bertz CT molecular complexity index is 684. The van der Waals surface area contributed by atoms with Crippen molar-refractivity contribution in [3.63, 3.8) is 0 Å². The minimum Gasteiger partial charge on any atom is -0.460 e. The first-order valence-corrected chi connectivity index (χ1v) is 7.80. The van der Waals surface area contributed by atoms with Crippen molar-refractivity contribution in [2.75, 3.05) is 0 Å². The number of nitrogens with zero attached hydrogens (tertiary/aromatic N) is 2. The van der Waals surface area contributed by atoms with Crippen molar-refractivity contribution in [2.45, 2.75) is 44.8 Å². The van der Waals surface area contributed by atoms with Gasteiger partial charge in [-0.2, -0.15) is 0 Å². The van der Waals surface area contributed by atoms with Crippen LogP contribution in [-0.2, 0) is 9.53 Å². The first kappa shape index (κ1) is 14.7. The van der Waals surface area contributed by atoms with Gasteiger partial charge < -0.3 is 9.30 Å². The van der Waals surface area contributed by atoms with Crippen molar-refractivity contribution in [3.05, 3.63) is 28.5 Å². The van der Waals surface area contributed by atoms with Crippen LogP contribution in [0.25, 0.3) is 11.0 Å². The summed E-state index contributed by atoms with van der Waals surface area (Å²) in [7, 11) is 0. The third-order valence-corrected chi connectivity index (χ3v) is 4.68. The molecular weight excluding hydrogens is 311 g/mol. The van der Waals surface area contributed by atoms with Gasteiger partial charge in [-0.25, -0.2) is 4.98 Å². The lowest BCUT2D eigenvalue weighted by molar-refractivity contribution is -0.150. The second kappa shape index (κ2) is 5.85. The number of imidazole rings is 1. The van der Waals surface area contributed by atoms with Gasteiger partial charge in [0.15, 0.2) is 0 Å². The van der Waals surface area contributed by atoms with E-state index in [9.17, 15) is 4.79 Å². The largest absolute Gasteiger partial charge is 0.460 e. The molecule has 112 valence electrons. The van der Waals surface area contributed by atoms with E-state index in [0.717, 1.165) is 36.7 Å². The van der Waals surface area contributed by atoms with Gasteiger partial charge in [0, 0.05) is 6.92 Å². The zero-order chi connectivity index (χ0) is 15.0. The van der Waals surface area contributed by atoms with Crippen LogP contribution in [0, 0.1) is 0 Å². The quantitative estimate of drug-likeness (QED) is 0.769. The molecule has 0 spiro atoms. The first-order chi connectivity index (χ1) is 10.1. The highest BCUT2D eigenvalue weighted by atomic mass is 35.5. The molecule has 1 heterocycles. The lowest BCUT2D eigenvalue weighted by Crippen LogP contribution is -2.31. The zero-order valence-electron chi connectivity index (χ0n) is 11.7. The summed E-state index contributed by atoms with van der Waals surface area (Å²) in [5.74, 6) is -0.239. The smallest absolute Gasteiger partial charge is 0.302 e. The fourth-order valence-corrected chi connectivity index (χ4v) is 3.35. The van der Waals surface area contributed by atoms with E-state index >= 15 is 0 Å². The molecule has 0 bridgehead atoms. The SMILES string of the molecule is CC(=O)O[C@@H]1CCCC[C@H]1n1cnc2cc(Cl)c(Cl)cc21. The normalized spacial score (nSPS) is 22.4. The van der Waals surface area contributed by atoms with Crippen LogP contribution < -0.4 is 0 Å². The molecule has 6 heteroatoms. The number of carbonyl (C=O) groups excluding carboxylic acids is 1. The van der Waals surface area contributed by atoms with Crippen LogP contribution in [0.2, 0.25) is 10.0 Å². The average molecular weight is 327 g/mol. The number of fused-ring (bicyclic) bond motifs is 1. The van der Waals surface area contributed by atoms with Gasteiger partial charge in [0.25, 0.3) is 0 Å². The number of rotatable bonds is 2. The van der Waals surface area contributed by atoms with Gasteiger partial charge in [0.1, 0.15) is 6.10 Å². The standard InChI is InChI=1S/C15H16Cl2N2O2/c1-9(20)21-15-5-3-2-4-13(15)19-8-18-12-6-10(16)11(17)7-14(12)19/h6-8,13,15H,2-5H2,1H3/t13-,15-/m1/s1. The molecule has 2 aromatic rings. The summed E-state index contributed by atoms with van der Waals surface area (Å²) < 4.78 is 7.54. The summed E-state index contributed by atoms with van der Waals surface area (Å²) in [6, 6.07) is 3.69. The Labute approximate surface area is 133 Å². The van der Waals surface area contributed by atoms with E-state index in [-0.39, 0.29) is 18.1 Å². The molecule has 0 aliphatic heterocycles. The predicted molar refractivity (Wildman–Crippen MR) is 82.8 cm³/mol. The molecule has 2 atom stereocenters. The van der Waals surface area contributed by atoms with Crippen LogP contribution in [0.5, 0.6) is 0 Å². The number of hydrogen-bond acceptors (Lipinski definition) is 3. The molecule has 1 aromatic carbocycles. The summed E-state index contributed by atoms with van der Waals surface area (Å²) >= 11 is 12.1. The lowest BCUT2D eigenvalue weighted by Gasteiger charge is -2.32. The Morgan fingerprint density at radius 1 is 1.29 bits per heavy atom. The van der Waals surface area contributed by atoms with Gasteiger partial charge in [-0.05, 0) is 31.4 Å². The number of ether oxygens (including phenoxy) is 1. The van der Waals surface area contributed by atoms with Gasteiger partial charge in [-0.15, -0.1) is 0 Å². The second-order valence-electron chi connectivity index (χ2n) is 5.41. The molecule has 0 saturated heterocycles. The van der Waals surface area contributed by atoms with Crippen molar-refractivity contribution in [2.24, 2.45) is 0 Å². The van der Waals surface area contributed by atoms with E-state index in [1.54, 1.807) is 12.4 Å². The molecule has 1 saturated carbocycles. The highest BCUT2D eigenvalue weighted by Crippen LogP contribution is 2.35. The Morgan fingerprint density at radius 2 is 2.00 bits per heavy atom. The molecule has 0 N–H and O–H groups in total. The average Bonchev–Trinajstić information content (AvgIpc) is 2.82. The number of benzene rings is 1. The number of esters is 1. The molecule has 3 rings (SSSR count). The molecule has 0 amide bonds. The van der Waals surface area contributed by atoms with Gasteiger partial charge in [-0.1, -0.05) is 29.6 Å². The number of hydrogen-bond donors (Lipinski definition) is 0. The van der Waals surface area contributed by atoms with Crippen LogP contribution in [-0.4, -0.2) is 21.6 Å². The lowest BCUT2D eigenvalue weighted by atomic mass is 9.92. The van der Waals surface area contributed by atoms with Crippen LogP contribution in [0.15, 0.2) is 18.5 Å². The molecule has 1 aliphatic carbocycles. The third-order valence-electron chi connectivity index (χ3n) is 3.96. The second-order valence-corrected chi connectivity index (χ2v) is 6.22. The van der Waals surface area contributed by atoms with E-state index in [4.69, 9.17) is 27.9 Å². The molecule has 0 radical (unpaired) electrons. The fourth-order valence-electron chi connectivity index (χ4n) is 3.03. The number of carbonyl (C=O) groups is 1. The van der Waals surface area contributed by atoms with Crippen molar-refractivity contribution in [1.29, 1.82) is 0 Å². The minimum atomic E-state index is -0.239. The van der Waals surface area contributed by atoms with Crippen molar-refractivity contribution < 1.29 is 9.53 Å². The molecule has 21 heavy (non-hydrogen) atoms. The predicted octanol–water partition coefficient (Wildman–Crippen LogP) is 4.39. The van der Waals surface area contributed by atoms with E-state index in [0.29, 0.717) is 10.0 Å². The van der Waals surface area contributed by atoms with Crippen LogP contribution in [0.4, 0.5) is 0 Å². The molecular formula is C15H16Cl2N2O2. The zero-order valence-corrected chi connectivity index (χ0v) is 13.2. The number of aromatic nitrogens is 2. The Hall–Kier alpha value is -1.26. The third kappa shape index (κ3) is 2.87. The molecule has 1 aromatic heterocycles. The van der Waals surface area contributed by atoms with Crippen molar-refractivity contribution in [1.82, 2.24) is 9.55 Å².